The van der Waals surface area contributed by atoms with E-state index in [-0.39, 0.29) is 11.3 Å². The minimum absolute atomic E-state index is 0.163. The fourth-order valence-electron chi connectivity index (χ4n) is 3.08. The molecule has 2 atom stereocenters. The summed E-state index contributed by atoms with van der Waals surface area (Å²) in [5, 5.41) is 10.9. The predicted molar refractivity (Wildman–Crippen MR) is 98.1 cm³/mol. The number of benzene rings is 1. The maximum Gasteiger partial charge on any atom is 0.425 e. The van der Waals surface area contributed by atoms with E-state index in [4.69, 9.17) is 11.0 Å². The van der Waals surface area contributed by atoms with Crippen molar-refractivity contribution < 1.29 is 35.9 Å². The van der Waals surface area contributed by atoms with E-state index in [2.05, 4.69) is 20.0 Å². The molecule has 2 aromatic rings. The average molecular weight is 457 g/mol. The van der Waals surface area contributed by atoms with Crippen LogP contribution in [0.25, 0.3) is 0 Å². The summed E-state index contributed by atoms with van der Waals surface area (Å²) in [4.78, 5) is 19.6. The van der Waals surface area contributed by atoms with Gasteiger partial charge < -0.3 is 15.8 Å². The molecule has 3 rings (SSSR count). The van der Waals surface area contributed by atoms with Gasteiger partial charge in [-0.15, -0.1) is 0 Å². The number of hydrogen-bond acceptors (Lipinski definition) is 6. The van der Waals surface area contributed by atoms with E-state index in [1.54, 1.807) is 6.07 Å². The molecule has 0 saturated heterocycles. The molecule has 32 heavy (non-hydrogen) atoms. The van der Waals surface area contributed by atoms with E-state index in [9.17, 15) is 31.1 Å². The van der Waals surface area contributed by atoms with Gasteiger partial charge in [0.2, 0.25) is 0 Å². The van der Waals surface area contributed by atoms with Crippen LogP contribution in [0.1, 0.15) is 28.0 Å². The molecule has 7 nitrogen and oxygen atoms in total. The lowest BCUT2D eigenvalue weighted by atomic mass is 9.84. The summed E-state index contributed by atoms with van der Waals surface area (Å²) in [5.41, 5.74) is 1.41. The van der Waals surface area contributed by atoms with Crippen LogP contribution >= 0.6 is 0 Å². The number of rotatable bonds is 4. The number of carbonyl (C=O) groups is 1. The van der Waals surface area contributed by atoms with Crippen LogP contribution in [0.4, 0.5) is 32.0 Å². The van der Waals surface area contributed by atoms with Gasteiger partial charge in [0.25, 0.3) is 11.9 Å². The van der Waals surface area contributed by atoms with Crippen molar-refractivity contribution in [1.29, 1.82) is 5.26 Å². The third kappa shape index (κ3) is 4.43. The number of nitrogens with two attached hydrogens (primary N) is 1. The Labute approximate surface area is 176 Å². The summed E-state index contributed by atoms with van der Waals surface area (Å²) in [6, 6.07) is 4.54. The number of nitrogens with zero attached hydrogens (tertiary/aromatic N) is 3. The van der Waals surface area contributed by atoms with Crippen molar-refractivity contribution in [3.05, 3.63) is 58.9 Å². The number of amides is 1. The summed E-state index contributed by atoms with van der Waals surface area (Å²) in [6.45, 7) is -1.66. The first kappa shape index (κ1) is 22.9. The SMILES string of the molecule is N#Cc1ccc(C(=O)Nc2cc(F)c(F)c([C@]3(CF)C[C@@H](C(F)(F)F)OC(N)=N3)c2)nc1. The van der Waals surface area contributed by atoms with Crippen molar-refractivity contribution >= 4 is 17.6 Å². The summed E-state index contributed by atoms with van der Waals surface area (Å²) in [5.74, 6) is -4.12. The van der Waals surface area contributed by atoms with E-state index in [0.717, 1.165) is 12.3 Å². The Morgan fingerprint density at radius 2 is 2.06 bits per heavy atom. The van der Waals surface area contributed by atoms with Crippen LogP contribution in [0.5, 0.6) is 0 Å². The molecule has 1 aliphatic heterocycles. The van der Waals surface area contributed by atoms with Gasteiger partial charge in [-0.05, 0) is 18.2 Å². The number of alkyl halides is 4. The molecular formula is C19H13F6N5O2. The Hall–Kier alpha value is -3.82. The number of anilines is 1. The van der Waals surface area contributed by atoms with Gasteiger partial charge in [-0.2, -0.15) is 18.4 Å². The summed E-state index contributed by atoms with van der Waals surface area (Å²) >= 11 is 0. The monoisotopic (exact) mass is 457 g/mol. The Bertz CT molecular complexity index is 1110. The molecular weight excluding hydrogens is 444 g/mol. The molecule has 13 heteroatoms. The van der Waals surface area contributed by atoms with Gasteiger partial charge in [0, 0.05) is 29.9 Å². The molecule has 0 radical (unpaired) electrons. The zero-order chi connectivity index (χ0) is 23.7. The largest absolute Gasteiger partial charge is 0.452 e. The van der Waals surface area contributed by atoms with Crippen LogP contribution < -0.4 is 11.1 Å². The molecule has 0 fully saturated rings. The number of nitrogens with one attached hydrogen (secondary N) is 1. The highest BCUT2D eigenvalue weighted by Crippen LogP contribution is 2.42. The summed E-state index contributed by atoms with van der Waals surface area (Å²) < 4.78 is 86.7. The molecule has 0 spiro atoms. The molecule has 0 unspecified atom stereocenters. The lowest BCUT2D eigenvalue weighted by Crippen LogP contribution is -2.48. The third-order valence-corrected chi connectivity index (χ3v) is 4.61. The van der Waals surface area contributed by atoms with Crippen LogP contribution in [-0.2, 0) is 10.3 Å². The molecule has 0 aliphatic carbocycles. The maximum absolute atomic E-state index is 14.6. The van der Waals surface area contributed by atoms with Gasteiger partial charge in [-0.25, -0.2) is 23.1 Å². The fourth-order valence-corrected chi connectivity index (χ4v) is 3.08. The van der Waals surface area contributed by atoms with Crippen LogP contribution in [0, 0.1) is 23.0 Å². The van der Waals surface area contributed by atoms with E-state index >= 15 is 0 Å². The van der Waals surface area contributed by atoms with E-state index in [1.165, 1.54) is 12.1 Å². The number of hydrogen-bond donors (Lipinski definition) is 2. The fraction of sp³-hybridized carbons (Fsp3) is 0.263. The zero-order valence-corrected chi connectivity index (χ0v) is 15.9. The topological polar surface area (TPSA) is 113 Å². The van der Waals surface area contributed by atoms with Gasteiger partial charge in [-0.1, -0.05) is 0 Å². The van der Waals surface area contributed by atoms with Gasteiger partial charge in [0.05, 0.1) is 5.56 Å². The van der Waals surface area contributed by atoms with Crippen molar-refractivity contribution in [2.24, 2.45) is 10.7 Å². The highest BCUT2D eigenvalue weighted by Gasteiger charge is 2.52. The summed E-state index contributed by atoms with van der Waals surface area (Å²) in [7, 11) is 0. The molecule has 1 amide bonds. The lowest BCUT2D eigenvalue weighted by Gasteiger charge is -2.36. The standard InChI is InChI=1S/C19H13F6N5O2/c20-8-18(5-14(19(23,24)25)32-17(27)30-18)11-3-10(4-12(21)15(11)22)29-16(31)13-2-1-9(6-26)7-28-13/h1-4,7,14H,5,8H2,(H2,27,30)(H,29,31)/t14-,18+/m0/s1. The predicted octanol–water partition coefficient (Wildman–Crippen LogP) is 3.31. The number of carbonyl (C=O) groups excluding carboxylic acids is 1. The molecule has 1 aromatic heterocycles. The van der Waals surface area contributed by atoms with Gasteiger partial charge in [-0.3, -0.25) is 4.79 Å². The smallest absolute Gasteiger partial charge is 0.425 e. The first-order valence-electron chi connectivity index (χ1n) is 8.81. The average Bonchev–Trinajstić information content (AvgIpc) is 2.75. The molecule has 0 bridgehead atoms. The number of halogens is 6. The number of pyridine rings is 1. The molecule has 2 heterocycles. The van der Waals surface area contributed by atoms with E-state index in [0.29, 0.717) is 6.07 Å². The van der Waals surface area contributed by atoms with Crippen molar-refractivity contribution in [1.82, 2.24) is 4.98 Å². The molecule has 1 aromatic carbocycles. The number of amidine groups is 1. The summed E-state index contributed by atoms with van der Waals surface area (Å²) in [6.07, 6.45) is -7.71. The van der Waals surface area contributed by atoms with Crippen LogP contribution in [0.3, 0.4) is 0 Å². The van der Waals surface area contributed by atoms with Crippen molar-refractivity contribution in [2.45, 2.75) is 24.2 Å². The highest BCUT2D eigenvalue weighted by atomic mass is 19.4. The van der Waals surface area contributed by atoms with Crippen LogP contribution in [0.15, 0.2) is 35.5 Å². The molecule has 168 valence electrons. The Kier molecular flexibility index (Phi) is 5.98. The lowest BCUT2D eigenvalue weighted by molar-refractivity contribution is -0.209. The Morgan fingerprint density at radius 3 is 2.62 bits per heavy atom. The quantitative estimate of drug-likeness (QED) is 0.684. The zero-order valence-electron chi connectivity index (χ0n) is 15.9. The second kappa shape index (κ2) is 8.37. The third-order valence-electron chi connectivity index (χ3n) is 4.61. The van der Waals surface area contributed by atoms with E-state index in [1.807, 2.05) is 0 Å². The normalized spacial score (nSPS) is 20.7. The Balaban J connectivity index is 2.01. The van der Waals surface area contributed by atoms with E-state index < -0.39 is 65.7 Å². The number of aromatic nitrogens is 1. The highest BCUT2D eigenvalue weighted by molar-refractivity contribution is 6.02. The molecule has 1 aliphatic rings. The number of nitriles is 1. The van der Waals surface area contributed by atoms with Gasteiger partial charge >= 0.3 is 6.18 Å². The van der Waals surface area contributed by atoms with Gasteiger partial charge in [0.1, 0.15) is 24.0 Å². The minimum atomic E-state index is -4.98. The van der Waals surface area contributed by atoms with Gasteiger partial charge in [0.15, 0.2) is 17.7 Å². The van der Waals surface area contributed by atoms with Crippen LogP contribution in [0.2, 0.25) is 0 Å². The van der Waals surface area contributed by atoms with Crippen LogP contribution in [-0.4, -0.2) is 35.9 Å². The maximum atomic E-state index is 14.6. The first-order chi connectivity index (χ1) is 15.0. The van der Waals surface area contributed by atoms with Crippen molar-refractivity contribution in [2.75, 3.05) is 12.0 Å². The minimum Gasteiger partial charge on any atom is -0.452 e. The first-order valence-corrected chi connectivity index (χ1v) is 8.81. The van der Waals surface area contributed by atoms with Crippen molar-refractivity contribution in [3.63, 3.8) is 0 Å². The number of ether oxygens (including phenoxy) is 1. The molecule has 3 N–H and O–H groups in total. The second-order valence-electron chi connectivity index (χ2n) is 6.79. The molecule has 0 saturated carbocycles. The number of aliphatic imine (C=N–C) groups is 1. The van der Waals surface area contributed by atoms with Crippen molar-refractivity contribution in [3.8, 4) is 6.07 Å². The Morgan fingerprint density at radius 1 is 1.34 bits per heavy atom. The second-order valence-corrected chi connectivity index (χ2v) is 6.79.